The predicted octanol–water partition coefficient (Wildman–Crippen LogP) is 1.07. The van der Waals surface area contributed by atoms with Crippen molar-refractivity contribution < 1.29 is 4.79 Å². The normalized spacial score (nSPS) is 11.4. The zero-order chi connectivity index (χ0) is 13.8. The maximum Gasteiger partial charge on any atom is 0.272 e. The van der Waals surface area contributed by atoms with Crippen LogP contribution in [0.15, 0.2) is 30.3 Å². The van der Waals surface area contributed by atoms with Crippen molar-refractivity contribution in [3.05, 3.63) is 41.7 Å². The number of carbonyl (C=O) groups is 1. The lowest BCUT2D eigenvalue weighted by Gasteiger charge is -2.13. The van der Waals surface area contributed by atoms with Gasteiger partial charge in [0.2, 0.25) is 0 Å². The summed E-state index contributed by atoms with van der Waals surface area (Å²) in [7, 11) is 3.39. The third kappa shape index (κ3) is 2.85. The second kappa shape index (κ2) is 5.43. The molecule has 0 radical (unpaired) electrons. The van der Waals surface area contributed by atoms with Crippen molar-refractivity contribution in [2.24, 2.45) is 0 Å². The molecule has 2 rings (SSSR count). The molecule has 0 atom stereocenters. The molecule has 0 aliphatic heterocycles. The summed E-state index contributed by atoms with van der Waals surface area (Å²) in [4.78, 5) is 13.7. The molecule has 1 aromatic heterocycles. The van der Waals surface area contributed by atoms with Crippen LogP contribution >= 0.6 is 0 Å². The van der Waals surface area contributed by atoms with Gasteiger partial charge in [-0.3, -0.25) is 4.79 Å². The average Bonchev–Trinajstić information content (AvgIpc) is 2.82. The van der Waals surface area contributed by atoms with E-state index in [1.54, 1.807) is 27.1 Å². The largest absolute Gasteiger partial charge is 0.343 e. The maximum absolute atomic E-state index is 12.2. The van der Waals surface area contributed by atoms with E-state index in [0.717, 1.165) is 5.56 Å². The molecule has 2 aromatic rings. The fourth-order valence-electron chi connectivity index (χ4n) is 1.60. The van der Waals surface area contributed by atoms with Crippen LogP contribution in [0.2, 0.25) is 0 Å². The van der Waals surface area contributed by atoms with E-state index in [1.165, 1.54) is 9.58 Å². The van der Waals surface area contributed by atoms with Gasteiger partial charge in [-0.2, -0.15) is 4.68 Å². The van der Waals surface area contributed by atoms with E-state index in [2.05, 4.69) is 15.5 Å². The van der Waals surface area contributed by atoms with Gasteiger partial charge in [-0.25, -0.2) is 0 Å². The first-order valence-corrected chi connectivity index (χ1v) is 5.83. The molecule has 6 heteroatoms. The number of carbonyl (C=O) groups excluding carboxylic acids is 1. The molecule has 19 heavy (non-hydrogen) atoms. The molecule has 0 saturated heterocycles. The summed E-state index contributed by atoms with van der Waals surface area (Å²) in [6, 6.07) is 9.59. The highest BCUT2D eigenvalue weighted by atomic mass is 16.2. The van der Waals surface area contributed by atoms with E-state index in [-0.39, 0.29) is 5.91 Å². The second-order valence-electron chi connectivity index (χ2n) is 4.28. The number of tetrazole rings is 1. The maximum atomic E-state index is 12.2. The molecule has 0 N–H and O–H groups in total. The summed E-state index contributed by atoms with van der Waals surface area (Å²) in [5, 5.41) is 11.2. The molecule has 1 heterocycles. The summed E-state index contributed by atoms with van der Waals surface area (Å²) < 4.78 is 1.44. The molecule has 0 aliphatic carbocycles. The van der Waals surface area contributed by atoms with Gasteiger partial charge in [0.1, 0.15) is 5.70 Å². The van der Waals surface area contributed by atoms with Crippen LogP contribution in [0.3, 0.4) is 0 Å². The van der Waals surface area contributed by atoms with Crippen molar-refractivity contribution in [3.8, 4) is 0 Å². The molecule has 1 aromatic carbocycles. The Bertz CT molecular complexity index is 601. The molecule has 0 bridgehead atoms. The van der Waals surface area contributed by atoms with Crippen LogP contribution in [0, 0.1) is 6.92 Å². The van der Waals surface area contributed by atoms with Crippen molar-refractivity contribution in [3.63, 3.8) is 0 Å². The zero-order valence-electron chi connectivity index (χ0n) is 11.1. The smallest absolute Gasteiger partial charge is 0.272 e. The Kier molecular flexibility index (Phi) is 3.70. The predicted molar refractivity (Wildman–Crippen MR) is 71.9 cm³/mol. The fraction of sp³-hybridized carbons (Fsp3) is 0.231. The van der Waals surface area contributed by atoms with Crippen LogP contribution in [-0.2, 0) is 4.79 Å². The van der Waals surface area contributed by atoms with Gasteiger partial charge in [0, 0.05) is 14.1 Å². The number of aromatic nitrogens is 4. The van der Waals surface area contributed by atoms with Crippen LogP contribution < -0.4 is 0 Å². The zero-order valence-corrected chi connectivity index (χ0v) is 11.1. The van der Waals surface area contributed by atoms with Crippen molar-refractivity contribution in [1.29, 1.82) is 0 Å². The lowest BCUT2D eigenvalue weighted by atomic mass is 10.2. The van der Waals surface area contributed by atoms with Crippen LogP contribution in [0.5, 0.6) is 0 Å². The minimum absolute atomic E-state index is 0.153. The monoisotopic (exact) mass is 257 g/mol. The van der Waals surface area contributed by atoms with Gasteiger partial charge in [0.05, 0.1) is 0 Å². The van der Waals surface area contributed by atoms with Crippen LogP contribution in [0.1, 0.15) is 11.4 Å². The van der Waals surface area contributed by atoms with Crippen molar-refractivity contribution in [2.75, 3.05) is 14.1 Å². The van der Waals surface area contributed by atoms with Crippen molar-refractivity contribution in [1.82, 2.24) is 25.1 Å². The van der Waals surface area contributed by atoms with Crippen molar-refractivity contribution >= 4 is 17.7 Å². The summed E-state index contributed by atoms with van der Waals surface area (Å²) in [5.74, 6) is 0.414. The highest BCUT2D eigenvalue weighted by molar-refractivity contribution is 6.18. The number of nitrogens with zero attached hydrogens (tertiary/aromatic N) is 5. The first-order valence-electron chi connectivity index (χ1n) is 5.83. The summed E-state index contributed by atoms with van der Waals surface area (Å²) in [6.45, 7) is 1.75. The van der Waals surface area contributed by atoms with E-state index in [1.807, 2.05) is 30.3 Å². The third-order valence-corrected chi connectivity index (χ3v) is 2.58. The average molecular weight is 257 g/mol. The molecular weight excluding hydrogens is 242 g/mol. The topological polar surface area (TPSA) is 63.9 Å². The second-order valence-corrected chi connectivity index (χ2v) is 4.28. The Morgan fingerprint density at radius 2 is 1.95 bits per heavy atom. The van der Waals surface area contributed by atoms with Gasteiger partial charge in [0.15, 0.2) is 5.82 Å². The number of benzene rings is 1. The van der Waals surface area contributed by atoms with Gasteiger partial charge in [-0.1, -0.05) is 30.3 Å². The Morgan fingerprint density at radius 3 is 2.47 bits per heavy atom. The van der Waals surface area contributed by atoms with Crippen molar-refractivity contribution in [2.45, 2.75) is 6.92 Å². The van der Waals surface area contributed by atoms with E-state index >= 15 is 0 Å². The molecule has 98 valence electrons. The van der Waals surface area contributed by atoms with Crippen LogP contribution in [0.4, 0.5) is 0 Å². The summed E-state index contributed by atoms with van der Waals surface area (Å²) in [6.07, 6.45) is 1.77. The van der Waals surface area contributed by atoms with Gasteiger partial charge in [-0.05, 0) is 29.0 Å². The number of rotatable bonds is 3. The van der Waals surface area contributed by atoms with E-state index in [9.17, 15) is 4.79 Å². The van der Waals surface area contributed by atoms with E-state index in [0.29, 0.717) is 11.5 Å². The van der Waals surface area contributed by atoms with Gasteiger partial charge < -0.3 is 4.90 Å². The van der Waals surface area contributed by atoms with Gasteiger partial charge in [0.25, 0.3) is 5.91 Å². The van der Waals surface area contributed by atoms with E-state index in [4.69, 9.17) is 0 Å². The Morgan fingerprint density at radius 1 is 1.26 bits per heavy atom. The summed E-state index contributed by atoms with van der Waals surface area (Å²) in [5.41, 5.74) is 1.33. The lowest BCUT2D eigenvalue weighted by Crippen LogP contribution is -2.26. The highest BCUT2D eigenvalue weighted by Gasteiger charge is 2.17. The molecule has 0 fully saturated rings. The highest BCUT2D eigenvalue weighted by Crippen LogP contribution is 2.13. The quantitative estimate of drug-likeness (QED) is 0.771. The molecule has 6 nitrogen and oxygen atoms in total. The molecule has 0 saturated carbocycles. The number of hydrogen-bond acceptors (Lipinski definition) is 4. The SMILES string of the molecule is Cc1nnnn1C(=Cc1ccccc1)C(=O)N(C)C. The lowest BCUT2D eigenvalue weighted by molar-refractivity contribution is -0.123. The minimum Gasteiger partial charge on any atom is -0.343 e. The Labute approximate surface area is 111 Å². The number of amides is 1. The first kappa shape index (κ1) is 12.9. The standard InChI is InChI=1S/C13H15N5O/c1-10-14-15-16-18(10)12(13(19)17(2)3)9-11-7-5-4-6-8-11/h4-9H,1-3H3. The molecule has 0 spiro atoms. The molecule has 0 unspecified atom stereocenters. The van der Waals surface area contributed by atoms with E-state index < -0.39 is 0 Å². The number of likely N-dealkylation sites (N-methyl/N-ethyl adjacent to an activating group) is 1. The third-order valence-electron chi connectivity index (χ3n) is 2.58. The Balaban J connectivity index is 2.50. The number of hydrogen-bond donors (Lipinski definition) is 0. The number of aryl methyl sites for hydroxylation is 1. The molecule has 1 amide bonds. The van der Waals surface area contributed by atoms with Gasteiger partial charge >= 0.3 is 0 Å². The Hall–Kier alpha value is -2.50. The van der Waals surface area contributed by atoms with Crippen LogP contribution in [0.25, 0.3) is 11.8 Å². The molecular formula is C13H15N5O. The fourth-order valence-corrected chi connectivity index (χ4v) is 1.60. The minimum atomic E-state index is -0.153. The summed E-state index contributed by atoms with van der Waals surface area (Å²) >= 11 is 0. The molecule has 0 aliphatic rings. The van der Waals surface area contributed by atoms with Crippen LogP contribution in [-0.4, -0.2) is 45.1 Å². The van der Waals surface area contributed by atoms with Gasteiger partial charge in [-0.15, -0.1) is 5.10 Å². The first-order chi connectivity index (χ1) is 9.09.